The second kappa shape index (κ2) is 7.52. The Labute approximate surface area is 146 Å². The summed E-state index contributed by atoms with van der Waals surface area (Å²) >= 11 is 0. The number of benzene rings is 2. The summed E-state index contributed by atoms with van der Waals surface area (Å²) in [4.78, 5) is 12.5. The number of carbonyl (C=O) groups excluding carboxylic acids is 1. The fourth-order valence-electron chi connectivity index (χ4n) is 2.32. The summed E-state index contributed by atoms with van der Waals surface area (Å²) in [7, 11) is -2.22. The maximum absolute atomic E-state index is 13.1. The molecule has 2 rings (SSSR count). The van der Waals surface area contributed by atoms with Gasteiger partial charge in [0.15, 0.2) is 0 Å². The molecule has 25 heavy (non-hydrogen) atoms. The van der Waals surface area contributed by atoms with E-state index in [0.29, 0.717) is 11.4 Å². The maximum atomic E-state index is 13.1. The van der Waals surface area contributed by atoms with Crippen molar-refractivity contribution in [2.75, 3.05) is 23.0 Å². The predicted molar refractivity (Wildman–Crippen MR) is 94.8 cm³/mol. The summed E-state index contributed by atoms with van der Waals surface area (Å²) in [5.41, 5.74) is 0.714. The van der Waals surface area contributed by atoms with Gasteiger partial charge in [0.25, 0.3) is 0 Å². The van der Waals surface area contributed by atoms with Gasteiger partial charge in [-0.2, -0.15) is 0 Å². The molecule has 0 fully saturated rings. The van der Waals surface area contributed by atoms with E-state index in [1.807, 2.05) is 0 Å². The Bertz CT molecular complexity index is 836. The van der Waals surface area contributed by atoms with Crippen molar-refractivity contribution in [2.45, 2.75) is 13.0 Å². The molecule has 0 aliphatic rings. The third-order valence-corrected chi connectivity index (χ3v) is 4.77. The van der Waals surface area contributed by atoms with Gasteiger partial charge in [-0.3, -0.25) is 9.10 Å². The van der Waals surface area contributed by atoms with E-state index in [1.54, 1.807) is 24.3 Å². The van der Waals surface area contributed by atoms with Gasteiger partial charge in [0.2, 0.25) is 15.9 Å². The number of ether oxygens (including phenoxy) is 1. The molecule has 2 aromatic carbocycles. The highest BCUT2D eigenvalue weighted by Gasteiger charge is 2.29. The van der Waals surface area contributed by atoms with Crippen molar-refractivity contribution >= 4 is 27.3 Å². The first kappa shape index (κ1) is 18.7. The lowest BCUT2D eigenvalue weighted by atomic mass is 10.2. The lowest BCUT2D eigenvalue weighted by Gasteiger charge is -2.28. The quantitative estimate of drug-likeness (QED) is 0.853. The molecule has 0 heterocycles. The molecule has 1 N–H and O–H groups in total. The van der Waals surface area contributed by atoms with Crippen LogP contribution in [0.4, 0.5) is 15.8 Å². The molecular formula is C17H19FN2O4S. The molecule has 0 radical (unpaired) electrons. The molecule has 0 unspecified atom stereocenters. The number of halogens is 1. The largest absolute Gasteiger partial charge is 0.497 e. The van der Waals surface area contributed by atoms with Crippen molar-refractivity contribution in [2.24, 2.45) is 0 Å². The highest BCUT2D eigenvalue weighted by Crippen LogP contribution is 2.22. The Morgan fingerprint density at radius 1 is 1.12 bits per heavy atom. The number of hydrogen-bond donors (Lipinski definition) is 1. The second-order valence-corrected chi connectivity index (χ2v) is 7.29. The predicted octanol–water partition coefficient (Wildman–Crippen LogP) is 2.63. The number of amides is 1. The van der Waals surface area contributed by atoms with Gasteiger partial charge in [0.05, 0.1) is 19.1 Å². The molecule has 0 saturated heterocycles. The zero-order chi connectivity index (χ0) is 18.6. The van der Waals surface area contributed by atoms with E-state index in [1.165, 1.54) is 26.2 Å². The number of hydrogen-bond acceptors (Lipinski definition) is 4. The number of nitrogens with zero attached hydrogens (tertiary/aromatic N) is 1. The summed E-state index contributed by atoms with van der Waals surface area (Å²) < 4.78 is 43.4. The minimum atomic E-state index is -3.75. The summed E-state index contributed by atoms with van der Waals surface area (Å²) in [5, 5.41) is 2.65. The number of carbonyl (C=O) groups is 1. The van der Waals surface area contributed by atoms with Crippen LogP contribution in [0.5, 0.6) is 5.75 Å². The molecule has 1 atom stereocenters. The van der Waals surface area contributed by atoms with Crippen molar-refractivity contribution in [1.82, 2.24) is 0 Å². The molecule has 1 amide bonds. The van der Waals surface area contributed by atoms with Crippen molar-refractivity contribution in [3.05, 3.63) is 54.3 Å². The molecule has 0 aliphatic carbocycles. The van der Waals surface area contributed by atoms with Gasteiger partial charge in [-0.15, -0.1) is 0 Å². The number of anilines is 2. The van der Waals surface area contributed by atoms with E-state index in [9.17, 15) is 17.6 Å². The number of nitrogens with one attached hydrogen (secondary N) is 1. The topological polar surface area (TPSA) is 75.7 Å². The Morgan fingerprint density at radius 3 is 2.16 bits per heavy atom. The van der Waals surface area contributed by atoms with E-state index in [0.717, 1.165) is 22.7 Å². The van der Waals surface area contributed by atoms with Crippen molar-refractivity contribution in [1.29, 1.82) is 0 Å². The van der Waals surface area contributed by atoms with Crippen molar-refractivity contribution in [3.63, 3.8) is 0 Å². The van der Waals surface area contributed by atoms with E-state index < -0.39 is 27.8 Å². The number of sulfonamides is 1. The van der Waals surface area contributed by atoms with Crippen LogP contribution >= 0.6 is 0 Å². The Morgan fingerprint density at radius 2 is 1.68 bits per heavy atom. The van der Waals surface area contributed by atoms with Gasteiger partial charge in [0, 0.05) is 5.69 Å². The monoisotopic (exact) mass is 366 g/mol. The SMILES string of the molecule is COc1ccc(NC(=O)[C@@H](C)N(c2ccc(F)cc2)S(C)(=O)=O)cc1. The van der Waals surface area contributed by atoms with E-state index >= 15 is 0 Å². The number of rotatable bonds is 6. The van der Waals surface area contributed by atoms with Crippen LogP contribution in [0.15, 0.2) is 48.5 Å². The lowest BCUT2D eigenvalue weighted by Crippen LogP contribution is -2.45. The molecule has 0 aromatic heterocycles. The van der Waals surface area contributed by atoms with Crippen LogP contribution in [0.2, 0.25) is 0 Å². The molecule has 8 heteroatoms. The van der Waals surface area contributed by atoms with E-state index in [-0.39, 0.29) is 5.69 Å². The molecule has 0 spiro atoms. The first-order valence-electron chi connectivity index (χ1n) is 7.42. The van der Waals surface area contributed by atoms with Gasteiger partial charge in [0.1, 0.15) is 17.6 Å². The van der Waals surface area contributed by atoms with Gasteiger partial charge in [-0.25, -0.2) is 12.8 Å². The molecular weight excluding hydrogens is 347 g/mol. The number of methoxy groups -OCH3 is 1. The standard InChI is InChI=1S/C17H19FN2O4S/c1-12(17(21)19-14-6-10-16(24-2)11-7-14)20(25(3,22)23)15-8-4-13(18)5-9-15/h4-12H,1-3H3,(H,19,21)/t12-/m1/s1. The first-order valence-corrected chi connectivity index (χ1v) is 9.27. The van der Waals surface area contributed by atoms with Crippen LogP contribution in [-0.4, -0.2) is 33.7 Å². The normalized spacial score (nSPS) is 12.3. The van der Waals surface area contributed by atoms with Crippen LogP contribution in [0.3, 0.4) is 0 Å². The van der Waals surface area contributed by atoms with Crippen LogP contribution in [0, 0.1) is 5.82 Å². The summed E-state index contributed by atoms with van der Waals surface area (Å²) in [6, 6.07) is 10.5. The maximum Gasteiger partial charge on any atom is 0.247 e. The van der Waals surface area contributed by atoms with E-state index in [2.05, 4.69) is 5.32 Å². The zero-order valence-electron chi connectivity index (χ0n) is 14.1. The third kappa shape index (κ3) is 4.69. The van der Waals surface area contributed by atoms with Crippen LogP contribution in [0.1, 0.15) is 6.92 Å². The molecule has 6 nitrogen and oxygen atoms in total. The average molecular weight is 366 g/mol. The molecule has 134 valence electrons. The summed E-state index contributed by atoms with van der Waals surface area (Å²) in [6.07, 6.45) is 0.994. The highest BCUT2D eigenvalue weighted by atomic mass is 32.2. The van der Waals surface area contributed by atoms with Crippen LogP contribution in [0.25, 0.3) is 0 Å². The van der Waals surface area contributed by atoms with Crippen LogP contribution in [-0.2, 0) is 14.8 Å². The Balaban J connectivity index is 2.24. The fraction of sp³-hybridized carbons (Fsp3) is 0.235. The smallest absolute Gasteiger partial charge is 0.247 e. The molecule has 2 aromatic rings. The van der Waals surface area contributed by atoms with Gasteiger partial charge in [-0.1, -0.05) is 0 Å². The highest BCUT2D eigenvalue weighted by molar-refractivity contribution is 7.92. The average Bonchev–Trinajstić information content (AvgIpc) is 2.56. The van der Waals surface area contributed by atoms with Gasteiger partial charge < -0.3 is 10.1 Å². The summed E-state index contributed by atoms with van der Waals surface area (Å²) in [6.45, 7) is 1.46. The molecule has 0 bridgehead atoms. The Hall–Kier alpha value is -2.61. The lowest BCUT2D eigenvalue weighted by molar-refractivity contribution is -0.116. The molecule has 0 aliphatic heterocycles. The van der Waals surface area contributed by atoms with Crippen molar-refractivity contribution < 1.29 is 22.3 Å². The molecule has 0 saturated carbocycles. The second-order valence-electron chi connectivity index (χ2n) is 5.43. The minimum Gasteiger partial charge on any atom is -0.497 e. The van der Waals surface area contributed by atoms with Crippen molar-refractivity contribution in [3.8, 4) is 5.75 Å². The minimum absolute atomic E-state index is 0.210. The van der Waals surface area contributed by atoms with E-state index in [4.69, 9.17) is 4.74 Å². The van der Waals surface area contributed by atoms with Crippen LogP contribution < -0.4 is 14.4 Å². The Kier molecular flexibility index (Phi) is 5.63. The third-order valence-electron chi connectivity index (χ3n) is 3.53. The zero-order valence-corrected chi connectivity index (χ0v) is 14.9. The summed E-state index contributed by atoms with van der Waals surface area (Å²) in [5.74, 6) is -0.373. The van der Waals surface area contributed by atoms with Gasteiger partial charge in [-0.05, 0) is 55.5 Å². The van der Waals surface area contributed by atoms with Gasteiger partial charge >= 0.3 is 0 Å². The fourth-order valence-corrected chi connectivity index (χ4v) is 3.49. The first-order chi connectivity index (χ1) is 11.7.